The summed E-state index contributed by atoms with van der Waals surface area (Å²) in [5, 5.41) is 0. The van der Waals surface area contributed by atoms with Crippen molar-refractivity contribution in [1.82, 2.24) is 4.31 Å². The number of sulfonamides is 1. The van der Waals surface area contributed by atoms with E-state index in [-0.39, 0.29) is 11.3 Å². The van der Waals surface area contributed by atoms with E-state index in [2.05, 4.69) is 0 Å². The number of methoxy groups -OCH3 is 1. The van der Waals surface area contributed by atoms with Crippen molar-refractivity contribution < 1.29 is 22.7 Å². The summed E-state index contributed by atoms with van der Waals surface area (Å²) in [6.45, 7) is 12.8. The first-order valence-corrected chi connectivity index (χ1v) is 12.8. The van der Waals surface area contributed by atoms with E-state index in [9.17, 15) is 18.0 Å². The van der Waals surface area contributed by atoms with Crippen molar-refractivity contribution in [3.8, 4) is 5.75 Å². The summed E-state index contributed by atoms with van der Waals surface area (Å²) in [6, 6.07) is 7.41. The van der Waals surface area contributed by atoms with Crippen LogP contribution < -0.4 is 9.64 Å². The second kappa shape index (κ2) is 9.15. The molecular formula is C26H34N2O5S. The van der Waals surface area contributed by atoms with E-state index in [0.29, 0.717) is 29.0 Å². The highest BCUT2D eigenvalue weighted by molar-refractivity contribution is 7.89. The maximum Gasteiger partial charge on any atom is 0.252 e. The highest BCUT2D eigenvalue weighted by atomic mass is 32.2. The third kappa shape index (κ3) is 4.25. The number of benzene rings is 2. The van der Waals surface area contributed by atoms with Gasteiger partial charge >= 0.3 is 0 Å². The molecule has 2 aromatic carbocycles. The third-order valence-electron chi connectivity index (χ3n) is 7.01. The van der Waals surface area contributed by atoms with Crippen LogP contribution in [-0.4, -0.2) is 43.2 Å². The molecule has 2 amide bonds. The summed E-state index contributed by atoms with van der Waals surface area (Å²) in [7, 11) is -2.59. The van der Waals surface area contributed by atoms with Crippen LogP contribution in [0.25, 0.3) is 0 Å². The average molecular weight is 487 g/mol. The Balaban J connectivity index is 2.16. The highest BCUT2D eigenvalue weighted by Crippen LogP contribution is 2.38. The first kappa shape index (κ1) is 25.9. The molecule has 0 saturated carbocycles. The number of aryl methyl sites for hydroxylation is 2. The Labute approximate surface area is 202 Å². The van der Waals surface area contributed by atoms with Crippen molar-refractivity contribution in [3.63, 3.8) is 0 Å². The Morgan fingerprint density at radius 1 is 1.03 bits per heavy atom. The van der Waals surface area contributed by atoms with Gasteiger partial charge in [0, 0.05) is 5.54 Å². The molecule has 1 atom stereocenters. The van der Waals surface area contributed by atoms with Gasteiger partial charge in [-0.25, -0.2) is 13.3 Å². The lowest BCUT2D eigenvalue weighted by Crippen LogP contribution is -2.55. The lowest BCUT2D eigenvalue weighted by atomic mass is 10.00. The number of hydrogen-bond donors (Lipinski definition) is 0. The van der Waals surface area contributed by atoms with Gasteiger partial charge in [0.15, 0.2) is 0 Å². The molecule has 1 aliphatic rings. The smallest absolute Gasteiger partial charge is 0.252 e. The monoisotopic (exact) mass is 486 g/mol. The van der Waals surface area contributed by atoms with Gasteiger partial charge in [-0.15, -0.1) is 0 Å². The second-order valence-corrected chi connectivity index (χ2v) is 11.3. The number of hydrogen-bond acceptors (Lipinski definition) is 5. The number of rotatable bonds is 7. The number of nitrogens with zero attached hydrogens (tertiary/aromatic N) is 2. The molecule has 34 heavy (non-hydrogen) atoms. The average Bonchev–Trinajstić information content (AvgIpc) is 3.05. The van der Waals surface area contributed by atoms with Gasteiger partial charge in [-0.05, 0) is 94.5 Å². The van der Waals surface area contributed by atoms with Crippen LogP contribution in [0, 0.1) is 27.7 Å². The van der Waals surface area contributed by atoms with E-state index in [4.69, 9.17) is 4.74 Å². The van der Waals surface area contributed by atoms with E-state index in [1.54, 1.807) is 52.0 Å². The van der Waals surface area contributed by atoms with E-state index in [1.165, 1.54) is 11.4 Å². The van der Waals surface area contributed by atoms with Crippen LogP contribution in [0.2, 0.25) is 0 Å². The number of anilines is 1. The molecular weight excluding hydrogens is 452 g/mol. The number of ether oxygens (including phenoxy) is 1. The minimum atomic E-state index is -4.12. The summed E-state index contributed by atoms with van der Waals surface area (Å²) in [5.41, 5.74) is 2.54. The third-order valence-corrected chi connectivity index (χ3v) is 9.41. The predicted octanol–water partition coefficient (Wildman–Crippen LogP) is 4.44. The van der Waals surface area contributed by atoms with Crippen LogP contribution >= 0.6 is 0 Å². The maximum atomic E-state index is 14.3. The molecule has 1 heterocycles. The Hall–Kier alpha value is -2.71. The van der Waals surface area contributed by atoms with Gasteiger partial charge in [-0.3, -0.25) is 9.59 Å². The number of amides is 2. The molecule has 0 spiro atoms. The predicted molar refractivity (Wildman–Crippen MR) is 133 cm³/mol. The van der Waals surface area contributed by atoms with Crippen molar-refractivity contribution in [1.29, 1.82) is 0 Å². The second-order valence-electron chi connectivity index (χ2n) is 9.54. The van der Waals surface area contributed by atoms with Crippen LogP contribution in [0.5, 0.6) is 5.75 Å². The molecule has 0 aromatic heterocycles. The van der Waals surface area contributed by atoms with E-state index in [0.717, 1.165) is 16.0 Å². The normalized spacial score (nSPS) is 17.1. The van der Waals surface area contributed by atoms with Gasteiger partial charge in [0.1, 0.15) is 11.8 Å². The zero-order valence-electron chi connectivity index (χ0n) is 21.2. The first-order valence-electron chi connectivity index (χ1n) is 11.4. The van der Waals surface area contributed by atoms with Crippen molar-refractivity contribution >= 4 is 27.5 Å². The SMILES string of the molecule is CCC(C)(C)N(C1CC(=O)N(c2ccc(OC)cc2)C1=O)S(=O)(=O)c1c(C)c(C)cc(C)c1C. The van der Waals surface area contributed by atoms with E-state index >= 15 is 0 Å². The van der Waals surface area contributed by atoms with Crippen LogP contribution in [0.3, 0.4) is 0 Å². The summed E-state index contributed by atoms with van der Waals surface area (Å²) in [5.74, 6) is -0.377. The number of imide groups is 1. The molecule has 0 N–H and O–H groups in total. The standard InChI is InChI=1S/C26H34N2O5S/c1-9-26(6,7)28(34(31,32)24-18(4)16(2)14-17(3)19(24)5)22-15-23(29)27(25(22)30)20-10-12-21(33-8)13-11-20/h10-14,22H,9,15H2,1-8H3. The number of carbonyl (C=O) groups excluding carboxylic acids is 2. The lowest BCUT2D eigenvalue weighted by Gasteiger charge is -2.40. The Bertz CT molecular complexity index is 1210. The molecule has 0 aliphatic carbocycles. The largest absolute Gasteiger partial charge is 0.497 e. The summed E-state index contributed by atoms with van der Waals surface area (Å²) in [6.07, 6.45) is 0.256. The molecule has 1 fully saturated rings. The first-order chi connectivity index (χ1) is 15.8. The van der Waals surface area contributed by atoms with Gasteiger partial charge in [0.2, 0.25) is 15.9 Å². The fraction of sp³-hybridized carbons (Fsp3) is 0.462. The van der Waals surface area contributed by atoms with Crippen molar-refractivity contribution in [3.05, 3.63) is 52.6 Å². The van der Waals surface area contributed by atoms with Crippen molar-refractivity contribution in [2.45, 2.75) is 77.8 Å². The zero-order chi connectivity index (χ0) is 25.6. The molecule has 8 heteroatoms. The topological polar surface area (TPSA) is 84.0 Å². The number of carbonyl (C=O) groups is 2. The maximum absolute atomic E-state index is 14.3. The molecule has 3 rings (SSSR count). The van der Waals surface area contributed by atoms with Gasteiger partial charge in [-0.2, -0.15) is 4.31 Å². The van der Waals surface area contributed by atoms with Crippen molar-refractivity contribution in [2.24, 2.45) is 0 Å². The molecule has 1 unspecified atom stereocenters. The summed E-state index contributed by atoms with van der Waals surface area (Å²) < 4.78 is 35.0. The highest BCUT2D eigenvalue weighted by Gasteiger charge is 2.52. The van der Waals surface area contributed by atoms with Crippen molar-refractivity contribution in [2.75, 3.05) is 12.0 Å². The fourth-order valence-corrected chi connectivity index (χ4v) is 7.11. The summed E-state index contributed by atoms with van der Waals surface area (Å²) >= 11 is 0. The Kier molecular flexibility index (Phi) is 6.97. The lowest BCUT2D eigenvalue weighted by molar-refractivity contribution is -0.122. The van der Waals surface area contributed by atoms with Crippen LogP contribution in [0.4, 0.5) is 5.69 Å². The Morgan fingerprint density at radius 2 is 1.56 bits per heavy atom. The summed E-state index contributed by atoms with van der Waals surface area (Å²) in [4.78, 5) is 28.0. The molecule has 0 bridgehead atoms. The van der Waals surface area contributed by atoms with Crippen LogP contribution in [0.1, 0.15) is 55.9 Å². The van der Waals surface area contributed by atoms with Gasteiger partial charge in [0.05, 0.1) is 24.1 Å². The van der Waals surface area contributed by atoms with Crippen LogP contribution in [-0.2, 0) is 19.6 Å². The van der Waals surface area contributed by atoms with Gasteiger partial charge < -0.3 is 4.74 Å². The fourth-order valence-electron chi connectivity index (χ4n) is 4.54. The molecule has 2 aromatic rings. The van der Waals surface area contributed by atoms with Crippen LogP contribution in [0.15, 0.2) is 35.2 Å². The molecule has 1 saturated heterocycles. The molecule has 7 nitrogen and oxygen atoms in total. The Morgan fingerprint density at radius 3 is 2.03 bits per heavy atom. The molecule has 184 valence electrons. The minimum absolute atomic E-state index is 0.212. The minimum Gasteiger partial charge on any atom is -0.497 e. The molecule has 1 aliphatic heterocycles. The quantitative estimate of drug-likeness (QED) is 0.540. The van der Waals surface area contributed by atoms with E-state index < -0.39 is 33.4 Å². The van der Waals surface area contributed by atoms with Gasteiger partial charge in [0.25, 0.3) is 5.91 Å². The zero-order valence-corrected chi connectivity index (χ0v) is 22.0. The molecule has 0 radical (unpaired) electrons. The van der Waals surface area contributed by atoms with E-state index in [1.807, 2.05) is 26.8 Å². The van der Waals surface area contributed by atoms with Gasteiger partial charge in [-0.1, -0.05) is 13.0 Å².